The zero-order chi connectivity index (χ0) is 14.7. The van der Waals surface area contributed by atoms with Gasteiger partial charge in [-0.05, 0) is 25.3 Å². The molecule has 0 aromatic heterocycles. The molecule has 20 heavy (non-hydrogen) atoms. The first-order valence-corrected chi connectivity index (χ1v) is 6.27. The molecule has 0 bridgehead atoms. The topological polar surface area (TPSA) is 69.6 Å². The van der Waals surface area contributed by atoms with Crippen molar-refractivity contribution in [2.75, 3.05) is 18.4 Å². The van der Waals surface area contributed by atoms with E-state index in [0.717, 1.165) is 25.3 Å². The number of nitrogens with one attached hydrogen (secondary N) is 1. The first-order valence-electron chi connectivity index (χ1n) is 6.27. The van der Waals surface area contributed by atoms with Crippen LogP contribution in [0.4, 0.5) is 19.3 Å². The van der Waals surface area contributed by atoms with Gasteiger partial charge in [0.05, 0.1) is 11.3 Å². The normalized spacial score (nSPS) is 15.0. The van der Waals surface area contributed by atoms with E-state index in [0.29, 0.717) is 19.2 Å². The summed E-state index contributed by atoms with van der Waals surface area (Å²) in [5, 5.41) is 11.1. The van der Waals surface area contributed by atoms with Crippen LogP contribution in [0.5, 0.6) is 0 Å². The van der Waals surface area contributed by atoms with Crippen LogP contribution in [0.2, 0.25) is 0 Å². The van der Waals surface area contributed by atoms with Gasteiger partial charge in [-0.2, -0.15) is 0 Å². The number of benzene rings is 1. The molecule has 0 saturated carbocycles. The number of anilines is 1. The van der Waals surface area contributed by atoms with Crippen molar-refractivity contribution in [3.8, 4) is 0 Å². The van der Waals surface area contributed by atoms with Crippen LogP contribution in [-0.2, 0) is 0 Å². The van der Waals surface area contributed by atoms with E-state index in [9.17, 15) is 18.4 Å². The second kappa shape index (κ2) is 5.85. The quantitative estimate of drug-likeness (QED) is 0.877. The number of amides is 2. The molecule has 2 amide bonds. The van der Waals surface area contributed by atoms with Gasteiger partial charge in [-0.15, -0.1) is 0 Å². The van der Waals surface area contributed by atoms with Gasteiger partial charge in [-0.3, -0.25) is 0 Å². The summed E-state index contributed by atoms with van der Waals surface area (Å²) in [6, 6.07) is 0.732. The van der Waals surface area contributed by atoms with Gasteiger partial charge in [0.15, 0.2) is 0 Å². The molecule has 0 radical (unpaired) electrons. The zero-order valence-corrected chi connectivity index (χ0v) is 10.7. The zero-order valence-electron chi connectivity index (χ0n) is 10.7. The second-order valence-electron chi connectivity index (χ2n) is 4.59. The Kier molecular flexibility index (Phi) is 4.16. The average Bonchev–Trinajstić information content (AvgIpc) is 2.42. The Morgan fingerprint density at radius 2 is 1.75 bits per heavy atom. The Labute approximate surface area is 114 Å². The Morgan fingerprint density at radius 3 is 2.35 bits per heavy atom. The molecule has 7 heteroatoms. The molecule has 1 fully saturated rings. The number of carboxylic acids is 1. The highest BCUT2D eigenvalue weighted by Gasteiger charge is 2.20. The number of hydrogen-bond donors (Lipinski definition) is 2. The molecule has 1 heterocycles. The van der Waals surface area contributed by atoms with E-state index < -0.39 is 29.2 Å². The van der Waals surface area contributed by atoms with Gasteiger partial charge in [-0.25, -0.2) is 18.4 Å². The first kappa shape index (κ1) is 14.2. The number of carbonyl (C=O) groups excluding carboxylic acids is 1. The summed E-state index contributed by atoms with van der Waals surface area (Å²) in [5.41, 5.74) is -1.01. The van der Waals surface area contributed by atoms with Crippen molar-refractivity contribution in [3.63, 3.8) is 0 Å². The van der Waals surface area contributed by atoms with Gasteiger partial charge in [0.25, 0.3) is 0 Å². The number of urea groups is 1. The van der Waals surface area contributed by atoms with E-state index in [1.54, 1.807) is 0 Å². The minimum absolute atomic E-state index is 0.334. The maximum absolute atomic E-state index is 13.6. The number of likely N-dealkylation sites (tertiary alicyclic amines) is 1. The number of carbonyl (C=O) groups is 2. The second-order valence-corrected chi connectivity index (χ2v) is 4.59. The summed E-state index contributed by atoms with van der Waals surface area (Å²) in [4.78, 5) is 24.2. The predicted octanol–water partition coefficient (Wildman–Crippen LogP) is 2.68. The van der Waals surface area contributed by atoms with Crippen LogP contribution in [-0.4, -0.2) is 35.1 Å². The van der Waals surface area contributed by atoms with Crippen molar-refractivity contribution < 1.29 is 23.5 Å². The Balaban J connectivity index is 2.18. The Hall–Kier alpha value is -2.18. The minimum atomic E-state index is -1.52. The number of carboxylic acid groups (broad SMARTS) is 1. The number of halogens is 2. The molecule has 0 atom stereocenters. The van der Waals surface area contributed by atoms with Crippen molar-refractivity contribution in [3.05, 3.63) is 29.3 Å². The highest BCUT2D eigenvalue weighted by molar-refractivity contribution is 5.93. The third kappa shape index (κ3) is 3.04. The van der Waals surface area contributed by atoms with E-state index in [1.807, 2.05) is 0 Å². The van der Waals surface area contributed by atoms with Gasteiger partial charge < -0.3 is 15.3 Å². The fraction of sp³-hybridized carbons (Fsp3) is 0.385. The fourth-order valence-corrected chi connectivity index (χ4v) is 2.10. The van der Waals surface area contributed by atoms with Crippen LogP contribution >= 0.6 is 0 Å². The van der Waals surface area contributed by atoms with Gasteiger partial charge in [0.1, 0.15) is 11.6 Å². The molecule has 0 spiro atoms. The van der Waals surface area contributed by atoms with Crippen molar-refractivity contribution in [2.45, 2.75) is 19.3 Å². The van der Waals surface area contributed by atoms with Gasteiger partial charge in [0, 0.05) is 19.2 Å². The van der Waals surface area contributed by atoms with Gasteiger partial charge in [-0.1, -0.05) is 0 Å². The summed E-state index contributed by atoms with van der Waals surface area (Å²) in [6.07, 6.45) is 2.79. The van der Waals surface area contributed by atoms with E-state index in [1.165, 1.54) is 4.90 Å². The number of hydrogen-bond acceptors (Lipinski definition) is 2. The van der Waals surface area contributed by atoms with Crippen molar-refractivity contribution in [2.24, 2.45) is 0 Å². The van der Waals surface area contributed by atoms with Crippen LogP contribution in [0, 0.1) is 11.6 Å². The maximum Gasteiger partial charge on any atom is 0.338 e. The van der Waals surface area contributed by atoms with E-state index in [4.69, 9.17) is 5.11 Å². The molecular weight excluding hydrogens is 270 g/mol. The summed E-state index contributed by atoms with van der Waals surface area (Å²) in [5.74, 6) is -3.69. The molecule has 2 rings (SSSR count). The number of aromatic carboxylic acids is 1. The summed E-state index contributed by atoms with van der Waals surface area (Å²) in [6.45, 7) is 1.14. The number of rotatable bonds is 2. The molecule has 0 aliphatic carbocycles. The highest BCUT2D eigenvalue weighted by atomic mass is 19.1. The number of piperidine rings is 1. The van der Waals surface area contributed by atoms with Crippen molar-refractivity contribution in [1.82, 2.24) is 4.90 Å². The van der Waals surface area contributed by atoms with Crippen LogP contribution in [0.1, 0.15) is 29.6 Å². The smallest absolute Gasteiger partial charge is 0.338 e. The summed E-state index contributed by atoms with van der Waals surface area (Å²) in [7, 11) is 0. The van der Waals surface area contributed by atoms with Crippen LogP contribution < -0.4 is 5.32 Å². The third-order valence-electron chi connectivity index (χ3n) is 3.17. The minimum Gasteiger partial charge on any atom is -0.478 e. The highest BCUT2D eigenvalue weighted by Crippen LogP contribution is 2.20. The van der Waals surface area contributed by atoms with Crippen LogP contribution in [0.25, 0.3) is 0 Å². The van der Waals surface area contributed by atoms with Gasteiger partial charge in [0.2, 0.25) is 0 Å². The lowest BCUT2D eigenvalue weighted by molar-refractivity contribution is 0.0691. The van der Waals surface area contributed by atoms with E-state index in [2.05, 4.69) is 5.32 Å². The predicted molar refractivity (Wildman–Crippen MR) is 67.8 cm³/mol. The number of nitrogens with zero attached hydrogens (tertiary/aromatic N) is 1. The van der Waals surface area contributed by atoms with Crippen molar-refractivity contribution in [1.29, 1.82) is 0 Å². The molecule has 0 unspecified atom stereocenters. The lowest BCUT2D eigenvalue weighted by Crippen LogP contribution is -2.38. The third-order valence-corrected chi connectivity index (χ3v) is 3.17. The SMILES string of the molecule is O=C(O)c1cc(NC(=O)N2CCCCC2)c(F)cc1F. The summed E-state index contributed by atoms with van der Waals surface area (Å²) >= 11 is 0. The Morgan fingerprint density at radius 1 is 1.10 bits per heavy atom. The maximum atomic E-state index is 13.6. The summed E-state index contributed by atoms with van der Waals surface area (Å²) < 4.78 is 26.8. The largest absolute Gasteiger partial charge is 0.478 e. The molecule has 2 N–H and O–H groups in total. The van der Waals surface area contributed by atoms with Crippen molar-refractivity contribution >= 4 is 17.7 Å². The molecule has 108 valence electrons. The van der Waals surface area contributed by atoms with Gasteiger partial charge >= 0.3 is 12.0 Å². The lowest BCUT2D eigenvalue weighted by atomic mass is 10.1. The molecule has 5 nitrogen and oxygen atoms in total. The molecule has 1 aromatic carbocycles. The lowest BCUT2D eigenvalue weighted by Gasteiger charge is -2.26. The molecule has 1 aliphatic rings. The van der Waals surface area contributed by atoms with E-state index in [-0.39, 0.29) is 5.69 Å². The molecule has 1 aromatic rings. The van der Waals surface area contributed by atoms with E-state index >= 15 is 0 Å². The monoisotopic (exact) mass is 284 g/mol. The molecular formula is C13H14F2N2O3. The Bertz CT molecular complexity index is 543. The molecule has 1 saturated heterocycles. The molecule has 1 aliphatic heterocycles. The van der Waals surface area contributed by atoms with Crippen LogP contribution in [0.3, 0.4) is 0 Å². The fourth-order valence-electron chi connectivity index (χ4n) is 2.10. The first-order chi connectivity index (χ1) is 9.49. The average molecular weight is 284 g/mol. The van der Waals surface area contributed by atoms with Crippen LogP contribution in [0.15, 0.2) is 12.1 Å². The standard InChI is InChI=1S/C13H14F2N2O3/c14-9-7-10(15)11(6-8(9)12(18)19)16-13(20)17-4-2-1-3-5-17/h6-7H,1-5H2,(H,16,20)(H,18,19).